The molecule has 0 radical (unpaired) electrons. The molecule has 4 aromatic rings. The van der Waals surface area contributed by atoms with E-state index in [1.54, 1.807) is 71.7 Å². The maximum absolute atomic E-state index is 14.1. The number of aromatic amines is 1. The average Bonchev–Trinajstić information content (AvgIpc) is 3.66. The topological polar surface area (TPSA) is 215 Å². The van der Waals surface area contributed by atoms with Crippen LogP contribution in [0.4, 0.5) is 13.2 Å². The minimum atomic E-state index is -5.18. The van der Waals surface area contributed by atoms with Crippen LogP contribution in [0.5, 0.6) is 11.5 Å². The summed E-state index contributed by atoms with van der Waals surface area (Å²) in [5, 5.41) is 0. The zero-order chi connectivity index (χ0) is 47.9. The van der Waals surface area contributed by atoms with Crippen molar-refractivity contribution in [2.45, 2.75) is 95.0 Å². The largest absolute Gasteiger partial charge is 0.497 e. The first-order valence-corrected chi connectivity index (χ1v) is 20.4. The number of ether oxygens (including phenoxy) is 10. The van der Waals surface area contributed by atoms with Crippen LogP contribution in [0, 0.1) is 0 Å². The van der Waals surface area contributed by atoms with E-state index in [-0.39, 0.29) is 0 Å². The van der Waals surface area contributed by atoms with Crippen molar-refractivity contribution < 1.29 is 79.7 Å². The van der Waals surface area contributed by atoms with Gasteiger partial charge in [0.05, 0.1) is 26.9 Å². The van der Waals surface area contributed by atoms with Gasteiger partial charge in [0.15, 0.2) is 24.6 Å². The summed E-state index contributed by atoms with van der Waals surface area (Å²) in [5.41, 5.74) is -4.34. The van der Waals surface area contributed by atoms with Crippen LogP contribution < -0.4 is 20.7 Å². The number of benzene rings is 3. The third-order valence-electron chi connectivity index (χ3n) is 10.7. The molecule has 0 saturated carbocycles. The Morgan fingerprint density at radius 1 is 0.682 bits per heavy atom. The Labute approximate surface area is 374 Å². The van der Waals surface area contributed by atoms with Crippen LogP contribution >= 0.6 is 0 Å². The molecule has 0 unspecified atom stereocenters. The van der Waals surface area contributed by atoms with Crippen molar-refractivity contribution in [1.29, 1.82) is 0 Å². The van der Waals surface area contributed by atoms with Gasteiger partial charge < -0.3 is 47.4 Å². The summed E-state index contributed by atoms with van der Waals surface area (Å²) < 4.78 is 102. The van der Waals surface area contributed by atoms with Crippen molar-refractivity contribution in [3.05, 3.63) is 128 Å². The van der Waals surface area contributed by atoms with Crippen molar-refractivity contribution in [2.75, 3.05) is 27.4 Å². The number of carbonyl (C=O) groups is 4. The summed E-state index contributed by atoms with van der Waals surface area (Å²) in [6.45, 7) is 3.16. The Bertz CT molecular complexity index is 2410. The van der Waals surface area contributed by atoms with E-state index in [0.29, 0.717) is 39.0 Å². The Balaban J connectivity index is 1.49. The molecule has 18 nitrogen and oxygen atoms in total. The zero-order valence-electron chi connectivity index (χ0n) is 36.4. The van der Waals surface area contributed by atoms with Crippen LogP contribution in [0.25, 0.3) is 0 Å². The first kappa shape index (κ1) is 48.9. The summed E-state index contributed by atoms with van der Waals surface area (Å²) in [5.74, 6) is -2.43. The van der Waals surface area contributed by atoms with E-state index in [0.717, 1.165) is 27.7 Å². The molecule has 66 heavy (non-hydrogen) atoms. The number of esters is 4. The van der Waals surface area contributed by atoms with Gasteiger partial charge in [0.2, 0.25) is 0 Å². The summed E-state index contributed by atoms with van der Waals surface area (Å²) in [6.07, 6.45) is -17.7. The summed E-state index contributed by atoms with van der Waals surface area (Å²) in [6, 6.07) is 23.0. The normalized spacial score (nSPS) is 23.0. The average molecular weight is 929 g/mol. The molecule has 1 N–H and O–H groups in total. The molecule has 0 aliphatic carbocycles. The molecule has 8 atom stereocenters. The van der Waals surface area contributed by atoms with Gasteiger partial charge in [0.25, 0.3) is 5.56 Å². The number of carbonyl (C=O) groups excluding carboxylic acids is 4. The number of nitrogens with one attached hydrogen (secondary N) is 1. The number of methoxy groups -OCH3 is 2. The van der Waals surface area contributed by atoms with E-state index < -0.39 is 121 Å². The third-order valence-corrected chi connectivity index (χ3v) is 10.7. The smallest absolute Gasteiger partial charge is 0.423 e. The molecule has 354 valence electrons. The molecule has 2 fully saturated rings. The van der Waals surface area contributed by atoms with Gasteiger partial charge in [-0.25, -0.2) is 4.79 Å². The lowest BCUT2D eigenvalue weighted by Crippen LogP contribution is -2.63. The highest BCUT2D eigenvalue weighted by Gasteiger charge is 2.55. The maximum Gasteiger partial charge on any atom is 0.423 e. The van der Waals surface area contributed by atoms with E-state index >= 15 is 0 Å². The fraction of sp³-hybridized carbons (Fsp3) is 0.422. The third kappa shape index (κ3) is 11.1. The van der Waals surface area contributed by atoms with Crippen LogP contribution in [0.3, 0.4) is 0 Å². The highest BCUT2D eigenvalue weighted by molar-refractivity contribution is 5.68. The first-order valence-electron chi connectivity index (χ1n) is 20.4. The SMILES string of the molecule is COc1ccc(C(OC[C@H]2O[C@@H](n3cc(C(F)(F)F)c(=O)[nH]c3=O)C[C@@H]2O[C@@H]2O[C@H](COC(C)=O)[C@@H](OC(C)=O)[C@H](OC(C)=O)[C@H]2OC(C)=O)(c2ccccc2)c2ccc(OC)cc2)cc1. The molecule has 2 saturated heterocycles. The van der Waals surface area contributed by atoms with E-state index in [1.807, 2.05) is 12.1 Å². The predicted molar refractivity (Wildman–Crippen MR) is 220 cm³/mol. The number of nitrogens with zero attached hydrogens (tertiary/aromatic N) is 1. The standard InChI is InChI=1S/C45H47F3N2O16/c1-24(51)59-22-36-38(61-25(2)52)39(62-26(3)53)40(63-27(4)54)42(66-36)65-34-20-37(50-21-33(45(46,47)48)41(55)49-43(50)56)64-35(34)23-60-44(28-10-8-7-9-11-28,29-12-16-31(57-5)17-13-29)30-14-18-32(58-6)19-15-30/h7-19,21,34-40,42H,20,22-23H2,1-6H3,(H,49,55,56)/t34-,35+,36+,37+,38+,39-,40+,42+/m0/s1. The lowest BCUT2D eigenvalue weighted by atomic mass is 9.80. The summed E-state index contributed by atoms with van der Waals surface area (Å²) >= 11 is 0. The second kappa shape index (κ2) is 20.7. The van der Waals surface area contributed by atoms with Gasteiger partial charge in [-0.05, 0) is 41.0 Å². The van der Waals surface area contributed by atoms with Crippen LogP contribution in [-0.4, -0.2) is 104 Å². The van der Waals surface area contributed by atoms with Crippen molar-refractivity contribution in [3.63, 3.8) is 0 Å². The van der Waals surface area contributed by atoms with Crippen molar-refractivity contribution >= 4 is 23.9 Å². The first-order chi connectivity index (χ1) is 31.3. The molecule has 3 aromatic carbocycles. The highest BCUT2D eigenvalue weighted by atomic mass is 19.4. The minimum Gasteiger partial charge on any atom is -0.497 e. The predicted octanol–water partition coefficient (Wildman–Crippen LogP) is 4.34. The number of hydrogen-bond donors (Lipinski definition) is 1. The lowest BCUT2D eigenvalue weighted by Gasteiger charge is -2.45. The highest BCUT2D eigenvalue weighted by Crippen LogP contribution is 2.44. The van der Waals surface area contributed by atoms with Gasteiger partial charge in [-0.2, -0.15) is 13.2 Å². The molecular formula is C45H47F3N2O16. The molecule has 21 heteroatoms. The van der Waals surface area contributed by atoms with E-state index in [1.165, 1.54) is 14.2 Å². The lowest BCUT2D eigenvalue weighted by molar-refractivity contribution is -0.319. The zero-order valence-corrected chi connectivity index (χ0v) is 36.4. The van der Waals surface area contributed by atoms with Crippen LogP contribution in [-0.2, 0) is 68.9 Å². The molecule has 0 amide bonds. The van der Waals surface area contributed by atoms with E-state index in [2.05, 4.69) is 0 Å². The van der Waals surface area contributed by atoms with E-state index in [4.69, 9.17) is 47.4 Å². The molecular weight excluding hydrogens is 881 g/mol. The summed E-state index contributed by atoms with van der Waals surface area (Å²) in [4.78, 5) is 76.8. The van der Waals surface area contributed by atoms with E-state index in [9.17, 15) is 41.9 Å². The van der Waals surface area contributed by atoms with Crippen LogP contribution in [0.15, 0.2) is 94.6 Å². The second-order valence-corrected chi connectivity index (χ2v) is 15.1. The van der Waals surface area contributed by atoms with Gasteiger partial charge in [-0.3, -0.25) is 33.5 Å². The van der Waals surface area contributed by atoms with Gasteiger partial charge in [0, 0.05) is 40.3 Å². The Hall–Kier alpha value is -6.55. The molecule has 2 aliphatic heterocycles. The number of alkyl halides is 3. The Morgan fingerprint density at radius 2 is 1.21 bits per heavy atom. The van der Waals surface area contributed by atoms with Crippen molar-refractivity contribution in [3.8, 4) is 11.5 Å². The van der Waals surface area contributed by atoms with Crippen LogP contribution in [0.1, 0.15) is 62.6 Å². The number of rotatable bonds is 16. The number of halogens is 3. The van der Waals surface area contributed by atoms with Crippen molar-refractivity contribution in [2.24, 2.45) is 0 Å². The van der Waals surface area contributed by atoms with Crippen molar-refractivity contribution in [1.82, 2.24) is 9.55 Å². The number of aromatic nitrogens is 2. The Morgan fingerprint density at radius 3 is 1.73 bits per heavy atom. The van der Waals surface area contributed by atoms with Crippen LogP contribution in [0.2, 0.25) is 0 Å². The number of hydrogen-bond acceptors (Lipinski definition) is 16. The molecule has 6 rings (SSSR count). The minimum absolute atomic E-state index is 0.323. The molecule has 3 heterocycles. The summed E-state index contributed by atoms with van der Waals surface area (Å²) in [7, 11) is 3.01. The molecule has 2 aliphatic rings. The fourth-order valence-electron chi connectivity index (χ4n) is 7.82. The quantitative estimate of drug-likeness (QED) is 0.0940. The van der Waals surface area contributed by atoms with Gasteiger partial charge >= 0.3 is 35.7 Å². The Kier molecular flexibility index (Phi) is 15.4. The molecule has 0 spiro atoms. The maximum atomic E-state index is 14.1. The fourth-order valence-corrected chi connectivity index (χ4v) is 7.82. The van der Waals surface area contributed by atoms with Gasteiger partial charge in [0.1, 0.15) is 47.7 Å². The second-order valence-electron chi connectivity index (χ2n) is 15.1. The monoisotopic (exact) mass is 928 g/mol. The molecule has 0 bridgehead atoms. The van der Waals surface area contributed by atoms with Gasteiger partial charge in [-0.1, -0.05) is 54.6 Å². The molecule has 1 aromatic heterocycles. The van der Waals surface area contributed by atoms with Gasteiger partial charge in [-0.15, -0.1) is 0 Å². The number of H-pyrrole nitrogens is 1.